The number of aromatic nitrogens is 1. The van der Waals surface area contributed by atoms with Crippen LogP contribution in [0.25, 0.3) is 0 Å². The van der Waals surface area contributed by atoms with E-state index in [9.17, 15) is 13.6 Å². The smallest absolute Gasteiger partial charge is 0.227 e. The third-order valence-corrected chi connectivity index (χ3v) is 3.91. The molecule has 1 heterocycles. The van der Waals surface area contributed by atoms with Crippen molar-refractivity contribution in [3.8, 4) is 0 Å². The van der Waals surface area contributed by atoms with Crippen LogP contribution in [-0.4, -0.2) is 5.78 Å². The standard InChI is InChI=1S/C17H16F2NO/c18-15-6-5-13(9-16(15)19)17(21)11-20-8-7-12-3-1-2-4-14(12)10-20/h5-10H,1-4,11H2/q+1. The second-order valence-electron chi connectivity index (χ2n) is 5.43. The van der Waals surface area contributed by atoms with Crippen molar-refractivity contribution in [2.24, 2.45) is 0 Å². The summed E-state index contributed by atoms with van der Waals surface area (Å²) in [5.41, 5.74) is 2.82. The van der Waals surface area contributed by atoms with Crippen molar-refractivity contribution < 1.29 is 18.1 Å². The van der Waals surface area contributed by atoms with E-state index >= 15 is 0 Å². The van der Waals surface area contributed by atoms with Crippen molar-refractivity contribution in [1.82, 2.24) is 0 Å². The van der Waals surface area contributed by atoms with E-state index in [1.54, 1.807) is 0 Å². The summed E-state index contributed by atoms with van der Waals surface area (Å²) >= 11 is 0. The van der Waals surface area contributed by atoms with Crippen LogP contribution >= 0.6 is 0 Å². The molecule has 1 aromatic carbocycles. The number of hydrogen-bond donors (Lipinski definition) is 0. The van der Waals surface area contributed by atoms with E-state index in [2.05, 4.69) is 0 Å². The zero-order valence-corrected chi connectivity index (χ0v) is 11.6. The third kappa shape index (κ3) is 2.99. The van der Waals surface area contributed by atoms with Gasteiger partial charge in [0.05, 0.1) is 0 Å². The minimum absolute atomic E-state index is 0.137. The average Bonchev–Trinajstić information content (AvgIpc) is 2.50. The van der Waals surface area contributed by atoms with Gasteiger partial charge in [-0.1, -0.05) is 0 Å². The topological polar surface area (TPSA) is 20.9 Å². The monoisotopic (exact) mass is 288 g/mol. The van der Waals surface area contributed by atoms with Gasteiger partial charge in [-0.05, 0) is 49.4 Å². The quantitative estimate of drug-likeness (QED) is 0.628. The molecule has 2 aromatic rings. The summed E-state index contributed by atoms with van der Waals surface area (Å²) in [6.45, 7) is 0.137. The molecule has 4 heteroatoms. The fourth-order valence-electron chi connectivity index (χ4n) is 2.74. The van der Waals surface area contributed by atoms with E-state index in [0.29, 0.717) is 0 Å². The first kappa shape index (κ1) is 13.9. The Bertz CT molecular complexity index is 697. The maximum absolute atomic E-state index is 13.2. The number of fused-ring (bicyclic) bond motifs is 1. The summed E-state index contributed by atoms with van der Waals surface area (Å²) < 4.78 is 27.9. The fourth-order valence-corrected chi connectivity index (χ4v) is 2.74. The molecule has 0 bridgehead atoms. The number of hydrogen-bond acceptors (Lipinski definition) is 1. The van der Waals surface area contributed by atoms with Gasteiger partial charge in [0.2, 0.25) is 12.3 Å². The van der Waals surface area contributed by atoms with Crippen LogP contribution in [0.15, 0.2) is 36.7 Å². The number of benzene rings is 1. The van der Waals surface area contributed by atoms with Crippen molar-refractivity contribution in [3.63, 3.8) is 0 Å². The number of carbonyl (C=O) groups excluding carboxylic acids is 1. The molecule has 2 nitrogen and oxygen atoms in total. The molecule has 1 aliphatic rings. The highest BCUT2D eigenvalue weighted by Crippen LogP contribution is 2.18. The van der Waals surface area contributed by atoms with E-state index in [1.807, 2.05) is 23.0 Å². The number of halogens is 2. The predicted octanol–water partition coefficient (Wildman–Crippen LogP) is 3.01. The van der Waals surface area contributed by atoms with E-state index in [-0.39, 0.29) is 17.9 Å². The number of carbonyl (C=O) groups is 1. The molecule has 0 atom stereocenters. The van der Waals surface area contributed by atoms with Crippen LogP contribution in [0, 0.1) is 11.6 Å². The van der Waals surface area contributed by atoms with Gasteiger partial charge in [-0.15, -0.1) is 0 Å². The minimum atomic E-state index is -0.990. The Labute approximate surface area is 122 Å². The summed E-state index contributed by atoms with van der Waals surface area (Å²) in [5, 5.41) is 0. The van der Waals surface area contributed by atoms with Crippen LogP contribution < -0.4 is 4.57 Å². The zero-order chi connectivity index (χ0) is 14.8. The highest BCUT2D eigenvalue weighted by molar-refractivity contribution is 5.95. The van der Waals surface area contributed by atoms with Crippen LogP contribution in [0.2, 0.25) is 0 Å². The van der Waals surface area contributed by atoms with Crippen molar-refractivity contribution in [3.05, 3.63) is 65.0 Å². The molecular weight excluding hydrogens is 272 g/mol. The van der Waals surface area contributed by atoms with Crippen molar-refractivity contribution in [1.29, 1.82) is 0 Å². The summed E-state index contributed by atoms with van der Waals surface area (Å²) in [4.78, 5) is 12.1. The fraction of sp³-hybridized carbons (Fsp3) is 0.294. The zero-order valence-electron chi connectivity index (χ0n) is 11.6. The molecule has 21 heavy (non-hydrogen) atoms. The number of pyridine rings is 1. The first-order chi connectivity index (χ1) is 10.1. The lowest BCUT2D eigenvalue weighted by molar-refractivity contribution is -0.683. The third-order valence-electron chi connectivity index (χ3n) is 3.91. The summed E-state index contributed by atoms with van der Waals surface area (Å²) in [6, 6.07) is 5.31. The number of aryl methyl sites for hydroxylation is 2. The van der Waals surface area contributed by atoms with Crippen LogP contribution in [0.4, 0.5) is 8.78 Å². The summed E-state index contributed by atoms with van der Waals surface area (Å²) in [7, 11) is 0. The molecule has 1 aliphatic carbocycles. The number of ketones is 1. The molecule has 1 aromatic heterocycles. The number of rotatable bonds is 3. The highest BCUT2D eigenvalue weighted by Gasteiger charge is 2.17. The molecule has 0 unspecified atom stereocenters. The van der Waals surface area contributed by atoms with Gasteiger partial charge < -0.3 is 0 Å². The first-order valence-corrected chi connectivity index (χ1v) is 7.12. The van der Waals surface area contributed by atoms with Gasteiger partial charge in [0.1, 0.15) is 0 Å². The molecule has 108 valence electrons. The van der Waals surface area contributed by atoms with Crippen molar-refractivity contribution >= 4 is 5.78 Å². The Kier molecular flexibility index (Phi) is 3.78. The second-order valence-corrected chi connectivity index (χ2v) is 5.43. The van der Waals surface area contributed by atoms with E-state index < -0.39 is 11.6 Å². The van der Waals surface area contributed by atoms with Crippen LogP contribution in [0.3, 0.4) is 0 Å². The Balaban J connectivity index is 1.79. The molecule has 3 rings (SSSR count). The summed E-state index contributed by atoms with van der Waals surface area (Å²) in [6.07, 6.45) is 8.38. The second kappa shape index (κ2) is 5.72. The number of Topliss-reactive ketones (excluding diaryl/α,β-unsaturated/α-hetero) is 1. The summed E-state index contributed by atoms with van der Waals surface area (Å²) in [5.74, 6) is -2.15. The maximum atomic E-state index is 13.2. The predicted molar refractivity (Wildman–Crippen MR) is 74.0 cm³/mol. The molecule has 0 aliphatic heterocycles. The lowest BCUT2D eigenvalue weighted by Gasteiger charge is -2.13. The molecule has 0 saturated heterocycles. The van der Waals surface area contributed by atoms with E-state index in [0.717, 1.165) is 25.0 Å². The Hall–Kier alpha value is -2.10. The molecule has 0 fully saturated rings. The van der Waals surface area contributed by atoms with Crippen LogP contribution in [-0.2, 0) is 19.4 Å². The van der Waals surface area contributed by atoms with Gasteiger partial charge >= 0.3 is 0 Å². The number of nitrogens with zero attached hydrogens (tertiary/aromatic N) is 1. The molecule has 0 saturated carbocycles. The van der Waals surface area contributed by atoms with Crippen molar-refractivity contribution in [2.45, 2.75) is 32.2 Å². The van der Waals surface area contributed by atoms with Crippen LogP contribution in [0.1, 0.15) is 34.3 Å². The van der Waals surface area contributed by atoms with Gasteiger partial charge in [0, 0.05) is 17.2 Å². The average molecular weight is 288 g/mol. The van der Waals surface area contributed by atoms with Gasteiger partial charge in [-0.25, -0.2) is 8.78 Å². The molecule has 0 radical (unpaired) electrons. The Morgan fingerprint density at radius 1 is 1.05 bits per heavy atom. The van der Waals surface area contributed by atoms with Crippen molar-refractivity contribution in [2.75, 3.05) is 0 Å². The van der Waals surface area contributed by atoms with Crippen LogP contribution in [0.5, 0.6) is 0 Å². The molecule has 0 N–H and O–H groups in total. The minimum Gasteiger partial charge on any atom is -0.287 e. The van der Waals surface area contributed by atoms with Gasteiger partial charge in [0.25, 0.3) is 0 Å². The highest BCUT2D eigenvalue weighted by atomic mass is 19.2. The largest absolute Gasteiger partial charge is 0.287 e. The van der Waals surface area contributed by atoms with Gasteiger partial charge in [0.15, 0.2) is 24.0 Å². The van der Waals surface area contributed by atoms with Gasteiger partial charge in [-0.2, -0.15) is 4.57 Å². The lowest BCUT2D eigenvalue weighted by atomic mass is 9.93. The molecule has 0 amide bonds. The van der Waals surface area contributed by atoms with Gasteiger partial charge in [-0.3, -0.25) is 4.79 Å². The first-order valence-electron chi connectivity index (χ1n) is 7.12. The SMILES string of the molecule is O=C(C[n+]1ccc2c(c1)CCCC2)c1ccc(F)c(F)c1. The van der Waals surface area contributed by atoms with E-state index in [1.165, 1.54) is 30.0 Å². The Morgan fingerprint density at radius 3 is 2.57 bits per heavy atom. The lowest BCUT2D eigenvalue weighted by Crippen LogP contribution is -2.38. The normalized spacial score (nSPS) is 13.8. The van der Waals surface area contributed by atoms with E-state index in [4.69, 9.17) is 0 Å². The maximum Gasteiger partial charge on any atom is 0.227 e. The Morgan fingerprint density at radius 2 is 1.81 bits per heavy atom. The molecular formula is C17H16F2NO+. The molecule has 0 spiro atoms.